The maximum atomic E-state index is 5.38. The van der Waals surface area contributed by atoms with Gasteiger partial charge in [0.1, 0.15) is 4.64 Å². The van der Waals surface area contributed by atoms with Gasteiger partial charge in [0.25, 0.3) is 0 Å². The number of nitrogen functional groups attached to an aromatic ring is 1. The van der Waals surface area contributed by atoms with Crippen LogP contribution < -0.4 is 10.5 Å². The molecule has 0 saturated carbocycles. The second-order valence-corrected chi connectivity index (χ2v) is 2.32. The van der Waals surface area contributed by atoms with Crippen molar-refractivity contribution in [2.75, 3.05) is 12.3 Å². The minimum atomic E-state index is 0.279. The summed E-state index contributed by atoms with van der Waals surface area (Å²) < 4.78 is 5.56. The number of nitrogens with one attached hydrogen (secondary N) is 1. The molecule has 5 heteroatoms. The van der Waals surface area contributed by atoms with E-state index in [-0.39, 0.29) is 5.95 Å². The van der Waals surface area contributed by atoms with Crippen molar-refractivity contribution < 1.29 is 4.74 Å². The van der Waals surface area contributed by atoms with Crippen LogP contribution >= 0.6 is 12.2 Å². The van der Waals surface area contributed by atoms with Gasteiger partial charge in [-0.3, -0.25) is 4.98 Å². The fourth-order valence-electron chi connectivity index (χ4n) is 0.687. The standard InChI is InChI=1S/C6H9N3OS/c1-2-10-4-3-5(11)9-6(7)8-4/h3H,2H2,1H3,(H3,7,8,9,11). The zero-order valence-corrected chi connectivity index (χ0v) is 6.94. The topological polar surface area (TPSA) is 63.9 Å². The van der Waals surface area contributed by atoms with E-state index < -0.39 is 0 Å². The Labute approximate surface area is 69.4 Å². The molecule has 0 amide bonds. The molecule has 60 valence electrons. The van der Waals surface area contributed by atoms with Crippen LogP contribution in [0.15, 0.2) is 6.07 Å². The molecule has 3 N–H and O–H groups in total. The van der Waals surface area contributed by atoms with Crippen LogP contribution in [0.1, 0.15) is 6.92 Å². The predicted octanol–water partition coefficient (Wildman–Crippen LogP) is 1.12. The van der Waals surface area contributed by atoms with Crippen LogP contribution in [0.25, 0.3) is 0 Å². The molecule has 0 radical (unpaired) electrons. The Morgan fingerprint density at radius 1 is 1.82 bits per heavy atom. The van der Waals surface area contributed by atoms with Crippen LogP contribution in [-0.4, -0.2) is 16.6 Å². The average Bonchev–Trinajstić information content (AvgIpc) is 1.85. The fraction of sp³-hybridized carbons (Fsp3) is 0.333. The van der Waals surface area contributed by atoms with Crippen molar-refractivity contribution in [2.24, 2.45) is 0 Å². The van der Waals surface area contributed by atoms with Gasteiger partial charge in [0.15, 0.2) is 5.88 Å². The number of aromatic nitrogens is 2. The van der Waals surface area contributed by atoms with E-state index in [4.69, 9.17) is 22.7 Å². The summed E-state index contributed by atoms with van der Waals surface area (Å²) in [5, 5.41) is 0. The fourth-order valence-corrected chi connectivity index (χ4v) is 0.892. The summed E-state index contributed by atoms with van der Waals surface area (Å²) in [6, 6.07) is 1.62. The number of nitrogens with two attached hydrogens (primary N) is 1. The van der Waals surface area contributed by atoms with Crippen molar-refractivity contribution in [3.63, 3.8) is 0 Å². The van der Waals surface area contributed by atoms with Crippen molar-refractivity contribution in [1.29, 1.82) is 0 Å². The first-order valence-electron chi connectivity index (χ1n) is 3.22. The van der Waals surface area contributed by atoms with Gasteiger partial charge >= 0.3 is 0 Å². The van der Waals surface area contributed by atoms with E-state index in [0.29, 0.717) is 17.1 Å². The van der Waals surface area contributed by atoms with E-state index in [1.807, 2.05) is 6.92 Å². The third kappa shape index (κ3) is 2.19. The highest BCUT2D eigenvalue weighted by molar-refractivity contribution is 7.71. The molecule has 11 heavy (non-hydrogen) atoms. The molecular formula is C6H9N3OS. The SMILES string of the molecule is CCOc1cc(=S)nc(N)[nH]1. The van der Waals surface area contributed by atoms with Gasteiger partial charge in [-0.15, -0.1) is 0 Å². The summed E-state index contributed by atoms with van der Waals surface area (Å²) >= 11 is 4.81. The van der Waals surface area contributed by atoms with Crippen molar-refractivity contribution in [3.05, 3.63) is 10.7 Å². The lowest BCUT2D eigenvalue weighted by atomic mass is 10.6. The molecule has 0 fully saturated rings. The van der Waals surface area contributed by atoms with Crippen molar-refractivity contribution in [3.8, 4) is 5.88 Å². The molecule has 0 aliphatic carbocycles. The molecular weight excluding hydrogens is 162 g/mol. The number of hydrogen-bond donors (Lipinski definition) is 2. The van der Waals surface area contributed by atoms with E-state index in [1.165, 1.54) is 0 Å². The molecule has 1 aromatic heterocycles. The maximum absolute atomic E-state index is 5.38. The Bertz CT molecular complexity index is 296. The summed E-state index contributed by atoms with van der Waals surface area (Å²) in [7, 11) is 0. The minimum absolute atomic E-state index is 0.279. The monoisotopic (exact) mass is 171 g/mol. The molecule has 4 nitrogen and oxygen atoms in total. The summed E-state index contributed by atoms with van der Waals surface area (Å²) in [5.41, 5.74) is 5.38. The largest absolute Gasteiger partial charge is 0.479 e. The first kappa shape index (κ1) is 8.00. The third-order valence-electron chi connectivity index (χ3n) is 1.04. The number of H-pyrrole nitrogens is 1. The number of anilines is 1. The van der Waals surface area contributed by atoms with Gasteiger partial charge in [-0.05, 0) is 6.92 Å². The zero-order valence-electron chi connectivity index (χ0n) is 6.13. The van der Waals surface area contributed by atoms with E-state index in [9.17, 15) is 0 Å². The van der Waals surface area contributed by atoms with Crippen molar-refractivity contribution in [1.82, 2.24) is 9.97 Å². The molecule has 0 saturated heterocycles. The summed E-state index contributed by atoms with van der Waals surface area (Å²) in [6.07, 6.45) is 0. The maximum Gasteiger partial charge on any atom is 0.201 e. The highest BCUT2D eigenvalue weighted by Crippen LogP contribution is 2.06. The molecule has 0 bridgehead atoms. The lowest BCUT2D eigenvalue weighted by Crippen LogP contribution is -1.99. The normalized spacial score (nSPS) is 9.55. The number of aromatic amines is 1. The number of ether oxygens (including phenoxy) is 1. The Morgan fingerprint density at radius 3 is 3.09 bits per heavy atom. The molecule has 0 aromatic carbocycles. The first-order valence-corrected chi connectivity index (χ1v) is 3.63. The highest BCUT2D eigenvalue weighted by Gasteiger charge is 1.93. The third-order valence-corrected chi connectivity index (χ3v) is 1.25. The van der Waals surface area contributed by atoms with Gasteiger partial charge < -0.3 is 10.5 Å². The van der Waals surface area contributed by atoms with Gasteiger partial charge in [0.2, 0.25) is 5.95 Å². The average molecular weight is 171 g/mol. The van der Waals surface area contributed by atoms with Gasteiger partial charge in [-0.1, -0.05) is 12.2 Å². The second-order valence-electron chi connectivity index (χ2n) is 1.90. The summed E-state index contributed by atoms with van der Waals surface area (Å²) in [6.45, 7) is 2.46. The second kappa shape index (κ2) is 3.34. The quantitative estimate of drug-likeness (QED) is 0.654. The van der Waals surface area contributed by atoms with Crippen LogP contribution in [0.5, 0.6) is 5.88 Å². The van der Waals surface area contributed by atoms with Gasteiger partial charge in [-0.25, -0.2) is 4.98 Å². The highest BCUT2D eigenvalue weighted by atomic mass is 32.1. The van der Waals surface area contributed by atoms with Crippen LogP contribution in [0.4, 0.5) is 5.95 Å². The summed E-state index contributed by atoms with van der Waals surface area (Å²) in [4.78, 5) is 6.50. The first-order chi connectivity index (χ1) is 5.22. The van der Waals surface area contributed by atoms with E-state index in [0.717, 1.165) is 0 Å². The minimum Gasteiger partial charge on any atom is -0.479 e. The van der Waals surface area contributed by atoms with E-state index in [2.05, 4.69) is 9.97 Å². The number of hydrogen-bond acceptors (Lipinski definition) is 4. The zero-order chi connectivity index (χ0) is 8.27. The van der Waals surface area contributed by atoms with E-state index in [1.54, 1.807) is 6.07 Å². The molecule has 0 spiro atoms. The molecule has 1 aromatic rings. The van der Waals surface area contributed by atoms with Gasteiger partial charge in [0, 0.05) is 6.07 Å². The van der Waals surface area contributed by atoms with Crippen LogP contribution in [0.2, 0.25) is 0 Å². The Kier molecular flexibility index (Phi) is 2.43. The Balaban J connectivity index is 2.99. The molecule has 1 rings (SSSR count). The van der Waals surface area contributed by atoms with Crippen LogP contribution in [0.3, 0.4) is 0 Å². The van der Waals surface area contributed by atoms with Crippen molar-refractivity contribution >= 4 is 18.2 Å². The Hall–Kier alpha value is -1.10. The molecule has 1 heterocycles. The summed E-state index contributed by atoms with van der Waals surface area (Å²) in [5.74, 6) is 0.839. The van der Waals surface area contributed by atoms with E-state index >= 15 is 0 Å². The van der Waals surface area contributed by atoms with Crippen molar-refractivity contribution in [2.45, 2.75) is 6.92 Å². The molecule has 0 aliphatic heterocycles. The molecule has 0 unspecified atom stereocenters. The van der Waals surface area contributed by atoms with Gasteiger partial charge in [0.05, 0.1) is 6.61 Å². The molecule has 0 atom stereocenters. The Morgan fingerprint density at radius 2 is 2.55 bits per heavy atom. The smallest absolute Gasteiger partial charge is 0.201 e. The lowest BCUT2D eigenvalue weighted by molar-refractivity contribution is 0.326. The van der Waals surface area contributed by atoms with Gasteiger partial charge in [-0.2, -0.15) is 0 Å². The number of nitrogens with zero attached hydrogens (tertiary/aromatic N) is 1. The number of rotatable bonds is 2. The van der Waals surface area contributed by atoms with Crippen LogP contribution in [-0.2, 0) is 0 Å². The predicted molar refractivity (Wildman–Crippen MR) is 45.0 cm³/mol. The lowest BCUT2D eigenvalue weighted by Gasteiger charge is -2.02. The molecule has 0 aliphatic rings. The van der Waals surface area contributed by atoms with Crippen LogP contribution in [0, 0.1) is 4.64 Å².